The fourth-order valence-electron chi connectivity index (χ4n) is 6.03. The van der Waals surface area contributed by atoms with Crippen molar-refractivity contribution in [2.45, 2.75) is 50.9 Å². The van der Waals surface area contributed by atoms with Crippen LogP contribution in [-0.2, 0) is 20.9 Å². The van der Waals surface area contributed by atoms with Gasteiger partial charge in [0.15, 0.2) is 11.5 Å². The maximum atomic E-state index is 13.3. The first-order chi connectivity index (χ1) is 19.8. The third kappa shape index (κ3) is 5.93. The predicted octanol–water partition coefficient (Wildman–Crippen LogP) is 5.29. The van der Waals surface area contributed by atoms with E-state index >= 15 is 0 Å². The number of nitrogens with zero attached hydrogens (tertiary/aromatic N) is 2. The molecule has 0 bridgehead atoms. The van der Waals surface area contributed by atoms with E-state index in [1.807, 2.05) is 58.0 Å². The number of aliphatic carboxylic acids is 1. The summed E-state index contributed by atoms with van der Waals surface area (Å²) in [5.74, 6) is 0.429. The summed E-state index contributed by atoms with van der Waals surface area (Å²) in [6, 6.07) is 15.0. The number of aliphatic hydroxyl groups excluding tert-OH is 1. The predicted molar refractivity (Wildman–Crippen MR) is 153 cm³/mol. The summed E-state index contributed by atoms with van der Waals surface area (Å²) in [5, 5.41) is 19.9. The van der Waals surface area contributed by atoms with Crippen LogP contribution in [0.15, 0.2) is 48.5 Å². The number of hydrogen-bond acceptors (Lipinski definition) is 6. The SMILES string of the molecule is COc1cccc([C@H]2O[C@H](CCC(=O)N3CCC(CC(=O)O)CC3)c3ccc(CO)n3-c3ccc(Cl)cc32)c1OC. The maximum absolute atomic E-state index is 13.3. The highest BCUT2D eigenvalue weighted by atomic mass is 35.5. The molecule has 0 aliphatic carbocycles. The molecule has 0 radical (unpaired) electrons. The monoisotopic (exact) mass is 582 g/mol. The fraction of sp³-hybridized carbons (Fsp3) is 0.419. The number of halogens is 1. The van der Waals surface area contributed by atoms with Crippen molar-refractivity contribution < 1.29 is 34.0 Å². The van der Waals surface area contributed by atoms with Crippen LogP contribution in [-0.4, -0.2) is 58.9 Å². The van der Waals surface area contributed by atoms with Gasteiger partial charge in [0.2, 0.25) is 5.91 Å². The molecule has 2 aromatic carbocycles. The number of rotatable bonds is 9. The number of carbonyl (C=O) groups excluding carboxylic acids is 1. The highest BCUT2D eigenvalue weighted by molar-refractivity contribution is 6.30. The van der Waals surface area contributed by atoms with E-state index in [9.17, 15) is 14.7 Å². The molecule has 0 saturated carbocycles. The zero-order chi connectivity index (χ0) is 29.1. The number of amides is 1. The van der Waals surface area contributed by atoms with Gasteiger partial charge in [0, 0.05) is 47.8 Å². The van der Waals surface area contributed by atoms with Gasteiger partial charge in [-0.05, 0) is 61.6 Å². The molecule has 2 N–H and O–H groups in total. The van der Waals surface area contributed by atoms with Crippen LogP contribution < -0.4 is 9.47 Å². The Bertz CT molecular complexity index is 1410. The van der Waals surface area contributed by atoms with Crippen LogP contribution in [0.25, 0.3) is 5.69 Å². The van der Waals surface area contributed by atoms with E-state index in [-0.39, 0.29) is 31.3 Å². The minimum atomic E-state index is -0.796. The summed E-state index contributed by atoms with van der Waals surface area (Å²) >= 11 is 6.50. The second-order valence-electron chi connectivity index (χ2n) is 10.5. The molecule has 9 nitrogen and oxygen atoms in total. The Morgan fingerprint density at radius 1 is 1.05 bits per heavy atom. The summed E-state index contributed by atoms with van der Waals surface area (Å²) in [6.07, 6.45) is 1.09. The number of likely N-dealkylation sites (tertiary alicyclic amines) is 1. The number of piperidine rings is 1. The van der Waals surface area contributed by atoms with Crippen LogP contribution in [0.3, 0.4) is 0 Å². The molecule has 0 unspecified atom stereocenters. The molecule has 0 spiro atoms. The van der Waals surface area contributed by atoms with E-state index < -0.39 is 18.2 Å². The topological polar surface area (TPSA) is 110 Å². The number of aromatic nitrogens is 1. The van der Waals surface area contributed by atoms with Gasteiger partial charge in [-0.15, -0.1) is 0 Å². The van der Waals surface area contributed by atoms with Crippen molar-refractivity contribution >= 4 is 23.5 Å². The van der Waals surface area contributed by atoms with Crippen molar-refractivity contribution in [3.63, 3.8) is 0 Å². The van der Waals surface area contributed by atoms with Crippen molar-refractivity contribution in [3.8, 4) is 17.2 Å². The van der Waals surface area contributed by atoms with E-state index in [0.29, 0.717) is 54.6 Å². The molecule has 218 valence electrons. The van der Waals surface area contributed by atoms with Crippen molar-refractivity contribution in [1.82, 2.24) is 9.47 Å². The Kier molecular flexibility index (Phi) is 8.87. The quantitative estimate of drug-likeness (QED) is 0.352. The lowest BCUT2D eigenvalue weighted by Crippen LogP contribution is -2.39. The summed E-state index contributed by atoms with van der Waals surface area (Å²) in [4.78, 5) is 26.2. The first kappa shape index (κ1) is 29.0. The number of hydrogen-bond donors (Lipinski definition) is 2. The lowest BCUT2D eigenvalue weighted by Gasteiger charge is -2.32. The smallest absolute Gasteiger partial charge is 0.303 e. The molecule has 1 saturated heterocycles. The minimum absolute atomic E-state index is 0.0168. The van der Waals surface area contributed by atoms with Gasteiger partial charge in [-0.25, -0.2) is 0 Å². The molecular weight excluding hydrogens is 548 g/mol. The third-order valence-electron chi connectivity index (χ3n) is 8.06. The Morgan fingerprint density at radius 3 is 2.51 bits per heavy atom. The molecule has 1 fully saturated rings. The highest BCUT2D eigenvalue weighted by Gasteiger charge is 2.35. The summed E-state index contributed by atoms with van der Waals surface area (Å²) in [5.41, 5.74) is 3.90. The van der Waals surface area contributed by atoms with E-state index in [1.165, 1.54) is 0 Å². The number of benzene rings is 2. The number of para-hydroxylation sites is 1. The van der Waals surface area contributed by atoms with Crippen LogP contribution in [0.2, 0.25) is 5.02 Å². The van der Waals surface area contributed by atoms with Crippen molar-refractivity contribution in [3.05, 3.63) is 76.1 Å². The second-order valence-corrected chi connectivity index (χ2v) is 10.9. The standard InChI is InChI=1S/C31H35ClN2O7/c1-39-27-5-3-4-22(31(27)40-2)30-23-17-20(32)6-8-24(23)34-21(18-35)7-9-25(34)26(41-30)10-11-28(36)33-14-12-19(13-15-33)16-29(37)38/h3-9,17,19,26,30,35H,10-16,18H2,1-2H3,(H,37,38)/t26-,30-/m1/s1. The van der Waals surface area contributed by atoms with Crippen molar-refractivity contribution in [2.24, 2.45) is 5.92 Å². The van der Waals surface area contributed by atoms with E-state index in [1.54, 1.807) is 14.2 Å². The van der Waals surface area contributed by atoms with Gasteiger partial charge in [0.05, 0.1) is 38.3 Å². The molecule has 2 atom stereocenters. The Labute approximate surface area is 244 Å². The van der Waals surface area contributed by atoms with Crippen molar-refractivity contribution in [2.75, 3.05) is 27.3 Å². The molecule has 10 heteroatoms. The van der Waals surface area contributed by atoms with Crippen LogP contribution >= 0.6 is 11.6 Å². The average Bonchev–Trinajstić information content (AvgIpc) is 3.35. The van der Waals surface area contributed by atoms with Gasteiger partial charge < -0.3 is 33.9 Å². The molecule has 41 heavy (non-hydrogen) atoms. The minimum Gasteiger partial charge on any atom is -0.493 e. The lowest BCUT2D eigenvalue weighted by molar-refractivity contribution is -0.138. The van der Waals surface area contributed by atoms with Crippen LogP contribution in [0.4, 0.5) is 0 Å². The highest BCUT2D eigenvalue weighted by Crippen LogP contribution is 2.47. The van der Waals surface area contributed by atoms with Gasteiger partial charge in [0.25, 0.3) is 0 Å². The van der Waals surface area contributed by atoms with Crippen LogP contribution in [0, 0.1) is 5.92 Å². The van der Waals surface area contributed by atoms with Gasteiger partial charge >= 0.3 is 5.97 Å². The first-order valence-corrected chi connectivity index (χ1v) is 14.2. The number of carbonyl (C=O) groups is 2. The van der Waals surface area contributed by atoms with E-state index in [4.69, 9.17) is 30.9 Å². The molecule has 3 aromatic rings. The second kappa shape index (κ2) is 12.5. The molecule has 1 aromatic heterocycles. The zero-order valence-corrected chi connectivity index (χ0v) is 24.0. The van der Waals surface area contributed by atoms with E-state index in [0.717, 1.165) is 22.5 Å². The first-order valence-electron chi connectivity index (χ1n) is 13.8. The zero-order valence-electron chi connectivity index (χ0n) is 23.2. The number of aliphatic hydroxyl groups is 1. The number of methoxy groups -OCH3 is 2. The molecule has 3 heterocycles. The summed E-state index contributed by atoms with van der Waals surface area (Å²) < 4.78 is 20.2. The Morgan fingerprint density at radius 2 is 1.83 bits per heavy atom. The lowest BCUT2D eigenvalue weighted by atomic mass is 9.93. The van der Waals surface area contributed by atoms with Gasteiger partial charge in [-0.2, -0.15) is 0 Å². The van der Waals surface area contributed by atoms with Gasteiger partial charge in [0.1, 0.15) is 6.10 Å². The summed E-state index contributed by atoms with van der Waals surface area (Å²) in [7, 11) is 3.17. The van der Waals surface area contributed by atoms with E-state index in [2.05, 4.69) is 0 Å². The third-order valence-corrected chi connectivity index (χ3v) is 8.30. The number of carboxylic acid groups (broad SMARTS) is 1. The fourth-order valence-corrected chi connectivity index (χ4v) is 6.21. The van der Waals surface area contributed by atoms with Crippen molar-refractivity contribution in [1.29, 1.82) is 0 Å². The Balaban J connectivity index is 1.48. The van der Waals surface area contributed by atoms with Crippen LogP contribution in [0.5, 0.6) is 11.5 Å². The molecular formula is C31H35ClN2O7. The van der Waals surface area contributed by atoms with Crippen LogP contribution in [0.1, 0.15) is 66.8 Å². The Hall–Kier alpha value is -3.53. The number of ether oxygens (including phenoxy) is 3. The van der Waals surface area contributed by atoms with Gasteiger partial charge in [-0.3, -0.25) is 9.59 Å². The normalized spacial score (nSPS) is 18.8. The number of carboxylic acids is 1. The summed E-state index contributed by atoms with van der Waals surface area (Å²) in [6.45, 7) is 0.938. The number of fused-ring (bicyclic) bond motifs is 3. The molecule has 5 rings (SSSR count). The largest absolute Gasteiger partial charge is 0.493 e. The van der Waals surface area contributed by atoms with Gasteiger partial charge in [-0.1, -0.05) is 23.7 Å². The maximum Gasteiger partial charge on any atom is 0.303 e. The molecule has 2 aliphatic rings. The molecule has 1 amide bonds. The average molecular weight is 583 g/mol. The molecule has 2 aliphatic heterocycles.